The second kappa shape index (κ2) is 6.36. The molecule has 4 heteroatoms. The van der Waals surface area contributed by atoms with Crippen LogP contribution in [0.25, 0.3) is 0 Å². The molecule has 1 unspecified atom stereocenters. The highest BCUT2D eigenvalue weighted by Gasteiger charge is 2.23. The predicted octanol–water partition coefficient (Wildman–Crippen LogP) is 0.729. The van der Waals surface area contributed by atoms with E-state index < -0.39 is 0 Å². The molecule has 0 aromatic rings. The largest absolute Gasteiger partial charge is 0.353 e. The minimum absolute atomic E-state index is 0.0588. The van der Waals surface area contributed by atoms with Crippen molar-refractivity contribution in [2.24, 2.45) is 0 Å². The third kappa shape index (κ3) is 3.68. The first-order valence-corrected chi connectivity index (χ1v) is 7.02. The number of nitrogens with one attached hydrogen (secondary N) is 2. The molecular formula is C13H25N3O. The van der Waals surface area contributed by atoms with E-state index in [4.69, 9.17) is 0 Å². The van der Waals surface area contributed by atoms with Gasteiger partial charge >= 0.3 is 0 Å². The summed E-state index contributed by atoms with van der Waals surface area (Å²) in [7, 11) is 0. The minimum atomic E-state index is 0.0588. The fraction of sp³-hybridized carbons (Fsp3) is 0.923. The van der Waals surface area contributed by atoms with E-state index in [9.17, 15) is 4.79 Å². The first-order valence-electron chi connectivity index (χ1n) is 7.02. The van der Waals surface area contributed by atoms with Crippen molar-refractivity contribution >= 4 is 5.91 Å². The highest BCUT2D eigenvalue weighted by Crippen LogP contribution is 2.11. The average Bonchev–Trinajstić information content (AvgIpc) is 2.90. The Morgan fingerprint density at radius 2 is 2.12 bits per heavy atom. The van der Waals surface area contributed by atoms with Crippen LogP contribution in [0.15, 0.2) is 0 Å². The zero-order valence-electron chi connectivity index (χ0n) is 10.9. The van der Waals surface area contributed by atoms with Gasteiger partial charge in [-0.15, -0.1) is 0 Å². The lowest BCUT2D eigenvalue weighted by molar-refractivity contribution is -0.123. The van der Waals surface area contributed by atoms with Gasteiger partial charge in [-0.25, -0.2) is 0 Å². The smallest absolute Gasteiger partial charge is 0.237 e. The highest BCUT2D eigenvalue weighted by molar-refractivity contribution is 5.82. The molecule has 0 bridgehead atoms. The van der Waals surface area contributed by atoms with Gasteiger partial charge in [0, 0.05) is 12.6 Å². The van der Waals surface area contributed by atoms with Crippen LogP contribution in [0, 0.1) is 0 Å². The van der Waals surface area contributed by atoms with Crippen LogP contribution in [-0.2, 0) is 4.79 Å². The first kappa shape index (κ1) is 12.8. The molecule has 17 heavy (non-hydrogen) atoms. The van der Waals surface area contributed by atoms with Crippen LogP contribution < -0.4 is 10.6 Å². The fourth-order valence-corrected chi connectivity index (χ4v) is 2.77. The van der Waals surface area contributed by atoms with Crippen LogP contribution in [0.3, 0.4) is 0 Å². The molecule has 0 saturated carbocycles. The van der Waals surface area contributed by atoms with Crippen LogP contribution in [0.2, 0.25) is 0 Å². The van der Waals surface area contributed by atoms with E-state index in [1.165, 1.54) is 32.4 Å². The summed E-state index contributed by atoms with van der Waals surface area (Å²) in [5.41, 5.74) is 0. The van der Waals surface area contributed by atoms with Gasteiger partial charge in [-0.05, 0) is 52.2 Å². The summed E-state index contributed by atoms with van der Waals surface area (Å²) in [5, 5.41) is 6.31. The van der Waals surface area contributed by atoms with Crippen LogP contribution in [0.4, 0.5) is 0 Å². The number of hydrogen-bond acceptors (Lipinski definition) is 3. The van der Waals surface area contributed by atoms with Gasteiger partial charge in [0.25, 0.3) is 0 Å². The lowest BCUT2D eigenvalue weighted by atomic mass is 10.1. The standard InChI is InChI=1S/C13H25N3O/c1-11(16-8-3-2-4-9-16)10-15-13(17)12-6-5-7-14-12/h11-12,14H,2-10H2,1H3,(H,15,17)/t11?,12-/m1/s1. The Balaban J connectivity index is 1.67. The van der Waals surface area contributed by atoms with Gasteiger partial charge in [0.15, 0.2) is 0 Å². The van der Waals surface area contributed by atoms with Crippen LogP contribution >= 0.6 is 0 Å². The maximum absolute atomic E-state index is 11.8. The monoisotopic (exact) mass is 239 g/mol. The third-order valence-corrected chi connectivity index (χ3v) is 3.96. The average molecular weight is 239 g/mol. The summed E-state index contributed by atoms with van der Waals surface area (Å²) in [5.74, 6) is 0.186. The maximum atomic E-state index is 11.8. The Bertz CT molecular complexity index is 245. The van der Waals surface area contributed by atoms with Gasteiger partial charge in [-0.1, -0.05) is 6.42 Å². The third-order valence-electron chi connectivity index (χ3n) is 3.96. The molecule has 0 aromatic heterocycles. The fourth-order valence-electron chi connectivity index (χ4n) is 2.77. The van der Waals surface area contributed by atoms with E-state index in [1.807, 2.05) is 0 Å². The molecular weight excluding hydrogens is 214 g/mol. The number of carbonyl (C=O) groups is 1. The van der Waals surface area contributed by atoms with Gasteiger partial charge in [0.2, 0.25) is 5.91 Å². The SMILES string of the molecule is CC(CNC(=O)[C@H]1CCCN1)N1CCCCC1. The number of nitrogens with zero attached hydrogens (tertiary/aromatic N) is 1. The molecule has 2 fully saturated rings. The molecule has 0 radical (unpaired) electrons. The van der Waals surface area contributed by atoms with Crippen LogP contribution in [0.5, 0.6) is 0 Å². The first-order chi connectivity index (χ1) is 8.27. The highest BCUT2D eigenvalue weighted by atomic mass is 16.2. The molecule has 4 nitrogen and oxygen atoms in total. The summed E-state index contributed by atoms with van der Waals surface area (Å²) in [4.78, 5) is 14.3. The summed E-state index contributed by atoms with van der Waals surface area (Å²) in [6.07, 6.45) is 6.09. The van der Waals surface area contributed by atoms with Gasteiger partial charge in [0.1, 0.15) is 0 Å². The number of piperidine rings is 1. The van der Waals surface area contributed by atoms with Crippen molar-refractivity contribution in [3.8, 4) is 0 Å². The quantitative estimate of drug-likeness (QED) is 0.760. The van der Waals surface area contributed by atoms with Crippen LogP contribution in [0.1, 0.15) is 39.0 Å². The zero-order valence-corrected chi connectivity index (χ0v) is 10.9. The van der Waals surface area contributed by atoms with E-state index in [2.05, 4.69) is 22.5 Å². The van der Waals surface area contributed by atoms with Crippen molar-refractivity contribution in [2.45, 2.75) is 51.1 Å². The van der Waals surface area contributed by atoms with Gasteiger partial charge in [-0.3, -0.25) is 9.69 Å². The Morgan fingerprint density at radius 1 is 1.35 bits per heavy atom. The summed E-state index contributed by atoms with van der Waals surface area (Å²) in [6, 6.07) is 0.532. The zero-order chi connectivity index (χ0) is 12.1. The Morgan fingerprint density at radius 3 is 2.76 bits per heavy atom. The molecule has 2 N–H and O–H groups in total. The molecule has 0 aromatic carbocycles. The van der Waals surface area contributed by atoms with E-state index in [-0.39, 0.29) is 11.9 Å². The van der Waals surface area contributed by atoms with Crippen molar-refractivity contribution in [3.63, 3.8) is 0 Å². The van der Waals surface area contributed by atoms with Crippen molar-refractivity contribution in [2.75, 3.05) is 26.2 Å². The van der Waals surface area contributed by atoms with E-state index >= 15 is 0 Å². The van der Waals surface area contributed by atoms with Crippen molar-refractivity contribution in [1.29, 1.82) is 0 Å². The second-order valence-corrected chi connectivity index (χ2v) is 5.34. The second-order valence-electron chi connectivity index (χ2n) is 5.34. The lowest BCUT2D eigenvalue weighted by Crippen LogP contribution is -2.48. The molecule has 2 atom stereocenters. The molecule has 2 aliphatic rings. The minimum Gasteiger partial charge on any atom is -0.353 e. The predicted molar refractivity (Wildman–Crippen MR) is 68.9 cm³/mol. The number of amides is 1. The Labute approximate surface area is 104 Å². The molecule has 2 aliphatic heterocycles. The number of rotatable bonds is 4. The summed E-state index contributed by atoms with van der Waals surface area (Å²) in [6.45, 7) is 6.38. The van der Waals surface area contributed by atoms with E-state index in [0.29, 0.717) is 6.04 Å². The molecule has 2 saturated heterocycles. The number of likely N-dealkylation sites (tertiary alicyclic amines) is 1. The Kier molecular flexibility index (Phi) is 4.80. The van der Waals surface area contributed by atoms with Crippen molar-refractivity contribution < 1.29 is 4.79 Å². The topological polar surface area (TPSA) is 44.4 Å². The van der Waals surface area contributed by atoms with E-state index in [0.717, 1.165) is 25.9 Å². The maximum Gasteiger partial charge on any atom is 0.237 e. The normalized spacial score (nSPS) is 27.9. The number of carbonyl (C=O) groups excluding carboxylic acids is 1. The molecule has 1 amide bonds. The van der Waals surface area contributed by atoms with Crippen LogP contribution in [-0.4, -0.2) is 49.1 Å². The van der Waals surface area contributed by atoms with Gasteiger partial charge in [-0.2, -0.15) is 0 Å². The van der Waals surface area contributed by atoms with Gasteiger partial charge in [0.05, 0.1) is 6.04 Å². The summed E-state index contributed by atoms with van der Waals surface area (Å²) >= 11 is 0. The molecule has 2 heterocycles. The molecule has 0 spiro atoms. The molecule has 98 valence electrons. The van der Waals surface area contributed by atoms with Crippen molar-refractivity contribution in [1.82, 2.24) is 15.5 Å². The van der Waals surface area contributed by atoms with E-state index in [1.54, 1.807) is 0 Å². The number of hydrogen-bond donors (Lipinski definition) is 2. The van der Waals surface area contributed by atoms with Crippen molar-refractivity contribution in [3.05, 3.63) is 0 Å². The summed E-state index contributed by atoms with van der Waals surface area (Å²) < 4.78 is 0. The Hall–Kier alpha value is -0.610. The molecule has 0 aliphatic carbocycles. The molecule has 2 rings (SSSR count). The lowest BCUT2D eigenvalue weighted by Gasteiger charge is -2.32. The van der Waals surface area contributed by atoms with Gasteiger partial charge < -0.3 is 10.6 Å².